The van der Waals surface area contributed by atoms with Crippen molar-refractivity contribution in [2.24, 2.45) is 7.05 Å². The first-order chi connectivity index (χ1) is 15.4. The van der Waals surface area contributed by atoms with Crippen molar-refractivity contribution in [1.29, 1.82) is 0 Å². The summed E-state index contributed by atoms with van der Waals surface area (Å²) in [6.07, 6.45) is 0.291. The molecular weight excluding hydrogens is 440 g/mol. The molecule has 176 valence electrons. The Morgan fingerprint density at radius 1 is 1.24 bits per heavy atom. The lowest BCUT2D eigenvalue weighted by Crippen LogP contribution is -2.39. The molecule has 0 spiro atoms. The zero-order valence-electron chi connectivity index (χ0n) is 20.1. The third-order valence-corrected chi connectivity index (χ3v) is 6.43. The minimum absolute atomic E-state index is 0.169. The van der Waals surface area contributed by atoms with Gasteiger partial charge >= 0.3 is 6.09 Å². The van der Waals surface area contributed by atoms with Gasteiger partial charge in [0, 0.05) is 30.6 Å². The number of hydrogen-bond acceptors (Lipinski definition) is 7. The van der Waals surface area contributed by atoms with E-state index in [1.54, 1.807) is 9.58 Å². The average molecular weight is 471 g/mol. The molecule has 0 aromatic carbocycles. The number of pyridine rings is 1. The smallest absolute Gasteiger partial charge is 0.410 e. The molecule has 0 unspecified atom stereocenters. The van der Waals surface area contributed by atoms with Crippen molar-refractivity contribution in [2.45, 2.75) is 66.0 Å². The number of ether oxygens (including phenoxy) is 1. The highest BCUT2D eigenvalue weighted by molar-refractivity contribution is 7.15. The molecule has 1 aliphatic heterocycles. The molecule has 0 fully saturated rings. The summed E-state index contributed by atoms with van der Waals surface area (Å²) in [6.45, 7) is 12.5. The van der Waals surface area contributed by atoms with Gasteiger partial charge in [-0.25, -0.2) is 14.8 Å². The lowest BCUT2D eigenvalue weighted by molar-refractivity contribution is 0.0225. The number of aryl methyl sites for hydroxylation is 2. The Bertz CT molecular complexity index is 1240. The molecule has 3 aromatic heterocycles. The SMILES string of the molecule is Cc1nn(C)c2nc(C(C)C)cc(C(=O)Nc3nc4c(s3)CN(C(=O)OC(C)(C)C)CC4)c12. The highest BCUT2D eigenvalue weighted by Crippen LogP contribution is 2.31. The largest absolute Gasteiger partial charge is 0.444 e. The maximum atomic E-state index is 13.3. The number of anilines is 1. The van der Waals surface area contributed by atoms with Crippen LogP contribution in [-0.2, 0) is 24.8 Å². The number of amides is 2. The van der Waals surface area contributed by atoms with Gasteiger partial charge in [0.05, 0.1) is 28.9 Å². The van der Waals surface area contributed by atoms with E-state index in [4.69, 9.17) is 9.72 Å². The lowest BCUT2D eigenvalue weighted by atomic mass is 10.0. The van der Waals surface area contributed by atoms with Crippen molar-refractivity contribution in [1.82, 2.24) is 24.6 Å². The molecule has 0 saturated heterocycles. The third kappa shape index (κ3) is 4.71. The van der Waals surface area contributed by atoms with Gasteiger partial charge in [-0.15, -0.1) is 0 Å². The Morgan fingerprint density at radius 2 is 1.97 bits per heavy atom. The number of nitrogens with zero attached hydrogens (tertiary/aromatic N) is 5. The zero-order chi connectivity index (χ0) is 24.1. The molecule has 0 aliphatic carbocycles. The van der Waals surface area contributed by atoms with Gasteiger partial charge in [0.15, 0.2) is 10.8 Å². The zero-order valence-corrected chi connectivity index (χ0v) is 21.0. The number of nitrogens with one attached hydrogen (secondary N) is 1. The van der Waals surface area contributed by atoms with Gasteiger partial charge in [0.2, 0.25) is 0 Å². The van der Waals surface area contributed by atoms with Crippen LogP contribution in [0.25, 0.3) is 11.0 Å². The molecule has 1 N–H and O–H groups in total. The quantitative estimate of drug-likeness (QED) is 0.609. The molecule has 0 bridgehead atoms. The van der Waals surface area contributed by atoms with E-state index in [1.165, 1.54) is 11.3 Å². The molecule has 0 radical (unpaired) electrons. The van der Waals surface area contributed by atoms with E-state index < -0.39 is 5.60 Å². The minimum Gasteiger partial charge on any atom is -0.444 e. The molecule has 3 aromatic rings. The molecular formula is C23H30N6O3S. The van der Waals surface area contributed by atoms with E-state index in [0.717, 1.165) is 27.3 Å². The Kier molecular flexibility index (Phi) is 5.90. The Morgan fingerprint density at radius 3 is 2.64 bits per heavy atom. The fourth-order valence-corrected chi connectivity index (χ4v) is 4.85. The number of thiazole rings is 1. The predicted molar refractivity (Wildman–Crippen MR) is 128 cm³/mol. The van der Waals surface area contributed by atoms with Crippen LogP contribution in [-0.4, -0.2) is 48.8 Å². The van der Waals surface area contributed by atoms with Crippen molar-refractivity contribution in [3.8, 4) is 0 Å². The van der Waals surface area contributed by atoms with Crippen molar-refractivity contribution >= 4 is 39.5 Å². The minimum atomic E-state index is -0.542. The fourth-order valence-electron chi connectivity index (χ4n) is 3.83. The summed E-state index contributed by atoms with van der Waals surface area (Å²) in [4.78, 5) is 37.7. The van der Waals surface area contributed by atoms with Gasteiger partial charge in [0.25, 0.3) is 5.91 Å². The summed E-state index contributed by atoms with van der Waals surface area (Å²) in [7, 11) is 1.83. The fraction of sp³-hybridized carbons (Fsp3) is 0.522. The number of fused-ring (bicyclic) bond motifs is 2. The normalized spacial score (nSPS) is 14.0. The number of aromatic nitrogens is 4. The van der Waals surface area contributed by atoms with Crippen molar-refractivity contribution in [3.05, 3.63) is 33.6 Å². The summed E-state index contributed by atoms with van der Waals surface area (Å²) >= 11 is 1.39. The van der Waals surface area contributed by atoms with Crippen LogP contribution < -0.4 is 5.32 Å². The molecule has 1 aliphatic rings. The molecule has 33 heavy (non-hydrogen) atoms. The van der Waals surface area contributed by atoms with Crippen LogP contribution in [0.2, 0.25) is 0 Å². The third-order valence-electron chi connectivity index (χ3n) is 5.43. The number of carbonyl (C=O) groups is 2. The molecule has 0 saturated carbocycles. The van der Waals surface area contributed by atoms with Crippen LogP contribution in [0.1, 0.15) is 72.9 Å². The molecule has 4 heterocycles. The van der Waals surface area contributed by atoms with E-state index in [9.17, 15) is 9.59 Å². The monoisotopic (exact) mass is 470 g/mol. The second-order valence-corrected chi connectivity index (χ2v) is 10.7. The van der Waals surface area contributed by atoms with Crippen LogP contribution >= 0.6 is 11.3 Å². The lowest BCUT2D eigenvalue weighted by Gasteiger charge is -2.29. The first-order valence-corrected chi connectivity index (χ1v) is 11.9. The van der Waals surface area contributed by atoms with Gasteiger partial charge in [0.1, 0.15) is 5.60 Å². The second kappa shape index (κ2) is 8.40. The van der Waals surface area contributed by atoms with E-state index in [-0.39, 0.29) is 17.9 Å². The number of rotatable bonds is 3. The van der Waals surface area contributed by atoms with Gasteiger partial charge < -0.3 is 9.64 Å². The summed E-state index contributed by atoms with van der Waals surface area (Å²) in [5.74, 6) is -0.0716. The second-order valence-electron chi connectivity index (χ2n) is 9.65. The average Bonchev–Trinajstić information content (AvgIpc) is 3.24. The Balaban J connectivity index is 1.58. The summed E-state index contributed by atoms with van der Waals surface area (Å²) in [6, 6.07) is 1.84. The van der Waals surface area contributed by atoms with Gasteiger partial charge in [-0.2, -0.15) is 5.10 Å². The first kappa shape index (κ1) is 23.2. The van der Waals surface area contributed by atoms with E-state index >= 15 is 0 Å². The summed E-state index contributed by atoms with van der Waals surface area (Å²) < 4.78 is 7.20. The first-order valence-electron chi connectivity index (χ1n) is 11.0. The van der Waals surface area contributed by atoms with Crippen molar-refractivity contribution in [3.63, 3.8) is 0 Å². The van der Waals surface area contributed by atoms with Crippen LogP contribution in [0.3, 0.4) is 0 Å². The highest BCUT2D eigenvalue weighted by Gasteiger charge is 2.28. The van der Waals surface area contributed by atoms with E-state index in [0.29, 0.717) is 35.9 Å². The van der Waals surface area contributed by atoms with Crippen LogP contribution in [0.4, 0.5) is 9.93 Å². The molecule has 9 nitrogen and oxygen atoms in total. The Hall–Kier alpha value is -3.01. The summed E-state index contributed by atoms with van der Waals surface area (Å²) in [5, 5.41) is 8.69. The van der Waals surface area contributed by atoms with Crippen molar-refractivity contribution in [2.75, 3.05) is 11.9 Å². The molecule has 4 rings (SSSR count). The van der Waals surface area contributed by atoms with Gasteiger partial charge in [-0.1, -0.05) is 25.2 Å². The van der Waals surface area contributed by atoms with Crippen LogP contribution in [0, 0.1) is 6.92 Å². The molecule has 10 heteroatoms. The Labute approximate surface area is 197 Å². The topological polar surface area (TPSA) is 102 Å². The maximum Gasteiger partial charge on any atom is 0.410 e. The number of hydrogen-bond donors (Lipinski definition) is 1. The highest BCUT2D eigenvalue weighted by atomic mass is 32.1. The van der Waals surface area contributed by atoms with Gasteiger partial charge in [-0.3, -0.25) is 14.8 Å². The van der Waals surface area contributed by atoms with E-state index in [1.807, 2.05) is 54.7 Å². The summed E-state index contributed by atoms with van der Waals surface area (Å²) in [5.41, 5.74) is 3.19. The standard InChI is InChI=1S/C23H30N6O3S/c1-12(2)16-10-14(18-13(3)27-28(7)19(18)24-16)20(30)26-21-25-15-8-9-29(11-17(15)33-21)22(31)32-23(4,5)6/h10,12H,8-9,11H2,1-7H3,(H,25,26,30). The predicted octanol–water partition coefficient (Wildman–Crippen LogP) is 4.40. The van der Waals surface area contributed by atoms with Crippen LogP contribution in [0.5, 0.6) is 0 Å². The van der Waals surface area contributed by atoms with Crippen LogP contribution in [0.15, 0.2) is 6.07 Å². The van der Waals surface area contributed by atoms with Crippen molar-refractivity contribution < 1.29 is 14.3 Å². The van der Waals surface area contributed by atoms with E-state index in [2.05, 4.69) is 15.4 Å². The molecule has 0 atom stereocenters. The molecule has 2 amide bonds. The number of carbonyl (C=O) groups excluding carboxylic acids is 2. The van der Waals surface area contributed by atoms with Gasteiger partial charge in [-0.05, 0) is 39.7 Å². The maximum absolute atomic E-state index is 13.3.